The largest absolute Gasteiger partial charge is 0.468 e. The molecule has 2 N–H and O–H groups in total. The van der Waals surface area contributed by atoms with Gasteiger partial charge in [0.25, 0.3) is 6.01 Å². The maximum absolute atomic E-state index is 6.14. The van der Waals surface area contributed by atoms with Gasteiger partial charge in [0.2, 0.25) is 0 Å². The monoisotopic (exact) mass is 433 g/mol. The summed E-state index contributed by atoms with van der Waals surface area (Å²) in [6.07, 6.45) is 11.9. The third kappa shape index (κ3) is 6.69. The Balaban J connectivity index is 1.53. The zero-order valence-corrected chi connectivity index (χ0v) is 19.4. The maximum Gasteiger partial charge on any atom is 0.320 e. The van der Waals surface area contributed by atoms with Gasteiger partial charge in [-0.05, 0) is 38.5 Å². The van der Waals surface area contributed by atoms with Crippen LogP contribution in [-0.4, -0.2) is 45.9 Å². The van der Waals surface area contributed by atoms with Crippen molar-refractivity contribution in [2.45, 2.75) is 90.7 Å². The van der Waals surface area contributed by atoms with Gasteiger partial charge in [-0.2, -0.15) is 15.0 Å². The number of aromatic nitrogens is 4. The van der Waals surface area contributed by atoms with Crippen molar-refractivity contribution in [3.05, 3.63) is 0 Å². The van der Waals surface area contributed by atoms with Crippen molar-refractivity contribution in [3.63, 3.8) is 0 Å². The average molecular weight is 434 g/mol. The molecule has 2 aromatic heterocycles. The molecular formula is C23H39N5O3. The molecule has 31 heavy (non-hydrogen) atoms. The average Bonchev–Trinajstić information content (AvgIpc) is 3.12. The number of imidazole rings is 1. The number of aryl methyl sites for hydroxylation is 1. The molecule has 0 unspecified atom stereocenters. The fourth-order valence-corrected chi connectivity index (χ4v) is 4.30. The lowest BCUT2D eigenvalue weighted by atomic mass is 9.93. The van der Waals surface area contributed by atoms with Crippen LogP contribution in [-0.2, 0) is 11.3 Å². The molecule has 1 saturated heterocycles. The highest BCUT2D eigenvalue weighted by Gasteiger charge is 2.18. The van der Waals surface area contributed by atoms with Gasteiger partial charge in [0.1, 0.15) is 0 Å². The first-order chi connectivity index (χ1) is 15.1. The zero-order chi connectivity index (χ0) is 22.1. The Morgan fingerprint density at radius 3 is 2.58 bits per heavy atom. The quantitative estimate of drug-likeness (QED) is 0.455. The number of hydrogen-bond acceptors (Lipinski definition) is 7. The van der Waals surface area contributed by atoms with Gasteiger partial charge < -0.3 is 19.9 Å². The molecule has 0 aliphatic carbocycles. The van der Waals surface area contributed by atoms with E-state index in [4.69, 9.17) is 19.9 Å². The Morgan fingerprint density at radius 1 is 1.10 bits per heavy atom. The van der Waals surface area contributed by atoms with Gasteiger partial charge in [-0.1, -0.05) is 45.4 Å². The highest BCUT2D eigenvalue weighted by atomic mass is 16.5. The normalized spacial score (nSPS) is 16.0. The highest BCUT2D eigenvalue weighted by Crippen LogP contribution is 2.27. The Kier molecular flexibility index (Phi) is 9.18. The Hall–Kier alpha value is -2.09. The topological polar surface area (TPSA) is 97.3 Å². The molecule has 1 fully saturated rings. The van der Waals surface area contributed by atoms with Crippen LogP contribution in [0.3, 0.4) is 0 Å². The number of rotatable bonds is 13. The summed E-state index contributed by atoms with van der Waals surface area (Å²) in [7, 11) is 1.62. The first kappa shape index (κ1) is 23.6. The van der Waals surface area contributed by atoms with E-state index < -0.39 is 0 Å². The molecule has 3 rings (SSSR count). The number of methoxy groups -OCH3 is 1. The van der Waals surface area contributed by atoms with Gasteiger partial charge >= 0.3 is 6.01 Å². The first-order valence-corrected chi connectivity index (χ1v) is 11.9. The summed E-state index contributed by atoms with van der Waals surface area (Å²) in [5.74, 6) is 1.20. The number of nitrogen functional groups attached to an aromatic ring is 1. The van der Waals surface area contributed by atoms with E-state index in [1.807, 2.05) is 11.5 Å². The molecule has 1 atom stereocenters. The van der Waals surface area contributed by atoms with Gasteiger partial charge in [-0.3, -0.25) is 4.57 Å². The fraction of sp³-hybridized carbons (Fsp3) is 0.783. The Labute approximate surface area is 185 Å². The maximum atomic E-state index is 6.14. The first-order valence-electron chi connectivity index (χ1n) is 11.9. The molecule has 0 bridgehead atoms. The van der Waals surface area contributed by atoms with Crippen LogP contribution in [0.15, 0.2) is 0 Å². The van der Waals surface area contributed by atoms with Gasteiger partial charge in [0.05, 0.1) is 13.2 Å². The number of hydrogen-bond donors (Lipinski definition) is 1. The fourth-order valence-electron chi connectivity index (χ4n) is 4.30. The summed E-state index contributed by atoms with van der Waals surface area (Å²) in [6, 6.07) is 0.831. The number of nitrogens with two attached hydrogens (primary N) is 1. The summed E-state index contributed by atoms with van der Waals surface area (Å²) in [5.41, 5.74) is 7.40. The molecule has 0 aromatic carbocycles. The molecule has 0 radical (unpaired) electrons. The van der Waals surface area contributed by atoms with Crippen LogP contribution in [0.5, 0.6) is 12.0 Å². The molecule has 8 nitrogen and oxygen atoms in total. The third-order valence-corrected chi connectivity index (χ3v) is 6.09. The second-order valence-corrected chi connectivity index (χ2v) is 8.64. The van der Waals surface area contributed by atoms with Crippen LogP contribution >= 0.6 is 0 Å². The van der Waals surface area contributed by atoms with Gasteiger partial charge in [0, 0.05) is 19.8 Å². The molecule has 2 aromatic rings. The third-order valence-electron chi connectivity index (χ3n) is 6.09. The van der Waals surface area contributed by atoms with E-state index in [1.54, 1.807) is 7.11 Å². The molecule has 3 heterocycles. The number of unbranched alkanes of at least 4 members (excludes halogenated alkanes) is 4. The van der Waals surface area contributed by atoms with Crippen LogP contribution in [0.25, 0.3) is 11.2 Å². The van der Waals surface area contributed by atoms with Gasteiger partial charge in [-0.15, -0.1) is 0 Å². The van der Waals surface area contributed by atoms with Crippen molar-refractivity contribution in [3.8, 4) is 12.0 Å². The number of ether oxygens (including phenoxy) is 3. The summed E-state index contributed by atoms with van der Waals surface area (Å²) in [4.78, 5) is 13.4. The molecule has 1 aliphatic rings. The van der Waals surface area contributed by atoms with Crippen LogP contribution in [0.2, 0.25) is 0 Å². The molecule has 0 spiro atoms. The second kappa shape index (κ2) is 12.1. The van der Waals surface area contributed by atoms with Crippen LogP contribution < -0.4 is 15.2 Å². The molecule has 0 amide bonds. The van der Waals surface area contributed by atoms with E-state index in [2.05, 4.69) is 21.9 Å². The van der Waals surface area contributed by atoms with E-state index in [0.717, 1.165) is 44.9 Å². The summed E-state index contributed by atoms with van der Waals surface area (Å²) in [5, 5.41) is 0. The lowest BCUT2D eigenvalue weighted by molar-refractivity contribution is 0.0631. The van der Waals surface area contributed by atoms with Crippen LogP contribution in [0.4, 0.5) is 5.82 Å². The lowest BCUT2D eigenvalue weighted by Gasteiger charge is -2.21. The van der Waals surface area contributed by atoms with E-state index in [0.29, 0.717) is 29.0 Å². The van der Waals surface area contributed by atoms with Gasteiger partial charge in [0.15, 0.2) is 17.0 Å². The van der Waals surface area contributed by atoms with E-state index >= 15 is 0 Å². The minimum atomic E-state index is 0.0428. The van der Waals surface area contributed by atoms with Crippen molar-refractivity contribution < 1.29 is 14.2 Å². The van der Waals surface area contributed by atoms with Crippen molar-refractivity contribution in [2.24, 2.45) is 5.92 Å². The van der Waals surface area contributed by atoms with Crippen LogP contribution in [0.1, 0.15) is 78.1 Å². The predicted octanol–water partition coefficient (Wildman–Crippen LogP) is 4.75. The number of anilines is 1. The molecule has 0 saturated carbocycles. The number of fused-ring (bicyclic) bond motifs is 1. The van der Waals surface area contributed by atoms with Crippen LogP contribution in [0, 0.1) is 5.92 Å². The molecular weight excluding hydrogens is 394 g/mol. The zero-order valence-electron chi connectivity index (χ0n) is 19.4. The van der Waals surface area contributed by atoms with Crippen molar-refractivity contribution in [2.75, 3.05) is 26.1 Å². The van der Waals surface area contributed by atoms with Gasteiger partial charge in [-0.25, -0.2) is 0 Å². The summed E-state index contributed by atoms with van der Waals surface area (Å²) in [6.45, 7) is 6.84. The lowest BCUT2D eigenvalue weighted by Crippen LogP contribution is -2.15. The van der Waals surface area contributed by atoms with E-state index in [9.17, 15) is 0 Å². The Bertz CT molecular complexity index is 804. The highest BCUT2D eigenvalue weighted by molar-refractivity contribution is 5.83. The van der Waals surface area contributed by atoms with Crippen molar-refractivity contribution in [1.29, 1.82) is 0 Å². The smallest absolute Gasteiger partial charge is 0.320 e. The van der Waals surface area contributed by atoms with Crippen molar-refractivity contribution >= 4 is 17.0 Å². The minimum absolute atomic E-state index is 0.0428. The Morgan fingerprint density at radius 2 is 1.84 bits per heavy atom. The SMILES string of the molecule is CCC[C@H](C)Oc1nc(N)c2nc(OC)n(CCCCCCCC3CCOCC3)c2n1. The van der Waals surface area contributed by atoms with E-state index in [1.165, 1.54) is 44.9 Å². The molecule has 174 valence electrons. The standard InChI is InChI=1S/C23H39N5O3/c1-4-10-17(2)31-22-26-20(24)19-21(27-22)28(23(25-19)29-3)14-9-7-5-6-8-11-18-12-15-30-16-13-18/h17-18H,4-16H2,1-3H3,(H2,24,26,27)/t17-/m0/s1. The predicted molar refractivity (Wildman–Crippen MR) is 123 cm³/mol. The summed E-state index contributed by atoms with van der Waals surface area (Å²) < 4.78 is 18.8. The van der Waals surface area contributed by atoms with E-state index in [-0.39, 0.29) is 6.10 Å². The molecule has 8 heteroatoms. The minimum Gasteiger partial charge on any atom is -0.468 e. The summed E-state index contributed by atoms with van der Waals surface area (Å²) >= 11 is 0. The van der Waals surface area contributed by atoms with Crippen molar-refractivity contribution in [1.82, 2.24) is 19.5 Å². The second-order valence-electron chi connectivity index (χ2n) is 8.64. The number of nitrogens with zero attached hydrogens (tertiary/aromatic N) is 4. The molecule has 1 aliphatic heterocycles.